The molecule has 1 fully saturated rings. The summed E-state index contributed by atoms with van der Waals surface area (Å²) in [6, 6.07) is 5.01. The molecule has 3 rings (SSSR count). The summed E-state index contributed by atoms with van der Waals surface area (Å²) in [5, 5.41) is 11.1. The zero-order chi connectivity index (χ0) is 16.2. The summed E-state index contributed by atoms with van der Waals surface area (Å²) in [5.41, 5.74) is 0. The number of ether oxygens (including phenoxy) is 1. The summed E-state index contributed by atoms with van der Waals surface area (Å²) in [6.07, 6.45) is 3.20. The number of esters is 1. The van der Waals surface area contributed by atoms with E-state index in [1.165, 1.54) is 18.9 Å². The van der Waals surface area contributed by atoms with Gasteiger partial charge < -0.3 is 14.3 Å². The Labute approximate surface area is 137 Å². The van der Waals surface area contributed by atoms with E-state index in [4.69, 9.17) is 9.15 Å². The zero-order valence-corrected chi connectivity index (χ0v) is 13.4. The maximum Gasteiger partial charge on any atom is 0.323 e. The fraction of sp³-hybridized carbons (Fsp3) is 0.400. The van der Waals surface area contributed by atoms with Crippen molar-refractivity contribution in [2.75, 3.05) is 13.7 Å². The highest BCUT2D eigenvalue weighted by Crippen LogP contribution is 2.28. The van der Waals surface area contributed by atoms with E-state index < -0.39 is 12.1 Å². The van der Waals surface area contributed by atoms with Gasteiger partial charge in [-0.15, -0.1) is 0 Å². The molecular formula is C15H17N3O4S. The molecule has 7 nitrogen and oxygen atoms in total. The van der Waals surface area contributed by atoms with E-state index in [0.29, 0.717) is 35.5 Å². The Morgan fingerprint density at radius 1 is 1.48 bits per heavy atom. The van der Waals surface area contributed by atoms with Crippen LogP contribution in [0.2, 0.25) is 0 Å². The molecule has 2 atom stereocenters. The van der Waals surface area contributed by atoms with Gasteiger partial charge in [0.2, 0.25) is 0 Å². The minimum atomic E-state index is -0.527. The highest BCUT2D eigenvalue weighted by Gasteiger charge is 2.37. The van der Waals surface area contributed by atoms with Crippen LogP contribution in [0.5, 0.6) is 0 Å². The van der Waals surface area contributed by atoms with Crippen LogP contribution < -0.4 is 0 Å². The van der Waals surface area contributed by atoms with Crippen LogP contribution in [-0.2, 0) is 16.1 Å². The van der Waals surface area contributed by atoms with E-state index in [2.05, 4.69) is 9.97 Å². The van der Waals surface area contributed by atoms with Crippen LogP contribution in [0.4, 0.5) is 0 Å². The first kappa shape index (κ1) is 16.0. The number of carbonyl (C=O) groups excluding carboxylic acids is 1. The van der Waals surface area contributed by atoms with Crippen molar-refractivity contribution in [3.05, 3.63) is 36.4 Å². The molecule has 2 aromatic heterocycles. The number of carbonyl (C=O) groups is 1. The predicted molar refractivity (Wildman–Crippen MR) is 81.7 cm³/mol. The van der Waals surface area contributed by atoms with Gasteiger partial charge in [0, 0.05) is 25.4 Å². The largest absolute Gasteiger partial charge is 0.468 e. The molecule has 3 heterocycles. The van der Waals surface area contributed by atoms with Crippen molar-refractivity contribution in [3.63, 3.8) is 0 Å². The van der Waals surface area contributed by atoms with Crippen LogP contribution in [0.3, 0.4) is 0 Å². The highest BCUT2D eigenvalue weighted by atomic mass is 32.2. The summed E-state index contributed by atoms with van der Waals surface area (Å²) in [6.45, 7) is 0.859. The summed E-state index contributed by atoms with van der Waals surface area (Å²) >= 11 is 1.33. The first-order valence-corrected chi connectivity index (χ1v) is 8.01. The van der Waals surface area contributed by atoms with Gasteiger partial charge in [0.15, 0.2) is 10.2 Å². The second-order valence-electron chi connectivity index (χ2n) is 5.21. The lowest BCUT2D eigenvalue weighted by Crippen LogP contribution is -2.36. The van der Waals surface area contributed by atoms with Gasteiger partial charge in [-0.3, -0.25) is 9.69 Å². The number of methoxy groups -OCH3 is 1. The molecule has 8 heteroatoms. The van der Waals surface area contributed by atoms with Gasteiger partial charge in [0.25, 0.3) is 0 Å². The molecule has 0 amide bonds. The third-order valence-corrected chi connectivity index (χ3v) is 4.40. The maximum atomic E-state index is 11.8. The Morgan fingerprint density at radius 2 is 2.26 bits per heavy atom. The van der Waals surface area contributed by atoms with Crippen molar-refractivity contribution in [1.82, 2.24) is 14.9 Å². The fourth-order valence-corrected chi connectivity index (χ4v) is 3.25. The molecule has 0 aliphatic carbocycles. The maximum absolute atomic E-state index is 11.8. The van der Waals surface area contributed by atoms with Gasteiger partial charge >= 0.3 is 5.97 Å². The van der Waals surface area contributed by atoms with Gasteiger partial charge in [-0.25, -0.2) is 9.97 Å². The van der Waals surface area contributed by atoms with Crippen molar-refractivity contribution in [2.24, 2.45) is 0 Å². The van der Waals surface area contributed by atoms with Crippen molar-refractivity contribution in [2.45, 2.75) is 35.4 Å². The van der Waals surface area contributed by atoms with E-state index >= 15 is 0 Å². The first-order chi connectivity index (χ1) is 11.2. The number of furan rings is 1. The van der Waals surface area contributed by atoms with Gasteiger partial charge in [-0.05, 0) is 30.0 Å². The number of aliphatic hydroxyl groups is 1. The Bertz CT molecular complexity index is 664. The van der Waals surface area contributed by atoms with Crippen LogP contribution in [0.1, 0.15) is 12.2 Å². The van der Waals surface area contributed by atoms with Gasteiger partial charge in [0.05, 0.1) is 19.8 Å². The van der Waals surface area contributed by atoms with E-state index in [9.17, 15) is 9.90 Å². The zero-order valence-electron chi connectivity index (χ0n) is 12.6. The lowest BCUT2D eigenvalue weighted by Gasteiger charge is -2.20. The van der Waals surface area contributed by atoms with Gasteiger partial charge in [-0.1, -0.05) is 0 Å². The second kappa shape index (κ2) is 7.12. The topological polar surface area (TPSA) is 88.7 Å². The third kappa shape index (κ3) is 3.90. The number of nitrogens with zero attached hydrogens (tertiary/aromatic N) is 3. The monoisotopic (exact) mass is 335 g/mol. The van der Waals surface area contributed by atoms with Gasteiger partial charge in [0.1, 0.15) is 11.8 Å². The molecule has 1 saturated heterocycles. The molecule has 122 valence electrons. The van der Waals surface area contributed by atoms with E-state index in [1.807, 2.05) is 17.0 Å². The number of rotatable bonds is 5. The molecule has 23 heavy (non-hydrogen) atoms. The van der Waals surface area contributed by atoms with E-state index in [-0.39, 0.29) is 5.97 Å². The number of hydrogen-bond donors (Lipinski definition) is 1. The quantitative estimate of drug-likeness (QED) is 0.647. The first-order valence-electron chi connectivity index (χ1n) is 7.19. The molecule has 2 unspecified atom stereocenters. The van der Waals surface area contributed by atoms with Gasteiger partial charge in [-0.2, -0.15) is 0 Å². The molecule has 0 radical (unpaired) electrons. The molecule has 0 bridgehead atoms. The van der Waals surface area contributed by atoms with Crippen molar-refractivity contribution >= 4 is 17.7 Å². The molecule has 1 aliphatic rings. The minimum absolute atomic E-state index is 0.333. The fourth-order valence-electron chi connectivity index (χ4n) is 2.56. The van der Waals surface area contributed by atoms with Crippen molar-refractivity contribution in [1.29, 1.82) is 0 Å². The number of likely N-dealkylation sites (tertiary alicyclic amines) is 1. The number of β-amino-alcohol motifs (C(OH)–C–C–N with tert-alkyl or cyclic N) is 1. The molecule has 1 aliphatic heterocycles. The van der Waals surface area contributed by atoms with Crippen LogP contribution in [0.25, 0.3) is 0 Å². The molecule has 0 aromatic carbocycles. The van der Waals surface area contributed by atoms with Crippen LogP contribution in [-0.4, -0.2) is 51.7 Å². The van der Waals surface area contributed by atoms with E-state index in [0.717, 1.165) is 0 Å². The Morgan fingerprint density at radius 3 is 3.00 bits per heavy atom. The molecule has 0 spiro atoms. The highest BCUT2D eigenvalue weighted by molar-refractivity contribution is 7.99. The van der Waals surface area contributed by atoms with Crippen LogP contribution >= 0.6 is 11.8 Å². The van der Waals surface area contributed by atoms with E-state index in [1.54, 1.807) is 18.5 Å². The Hall–Kier alpha value is -1.90. The summed E-state index contributed by atoms with van der Waals surface area (Å²) < 4.78 is 10.5. The molecule has 0 saturated carbocycles. The summed E-state index contributed by atoms with van der Waals surface area (Å²) in [4.78, 5) is 21.9. The summed E-state index contributed by atoms with van der Waals surface area (Å²) in [5.74, 6) is 0.381. The predicted octanol–water partition coefficient (Wildman–Crippen LogP) is 1.33. The summed E-state index contributed by atoms with van der Waals surface area (Å²) in [7, 11) is 1.35. The SMILES string of the molecule is COC(=O)C1CC(O)CN1Cc1ccc(Sc2ncccn2)o1. The smallest absolute Gasteiger partial charge is 0.323 e. The minimum Gasteiger partial charge on any atom is -0.468 e. The number of aromatic nitrogens is 2. The normalized spacial score (nSPS) is 21.5. The number of aliphatic hydroxyl groups excluding tert-OH is 1. The standard InChI is InChI=1S/C15H17N3O4S/c1-21-14(20)12-7-10(19)8-18(12)9-11-3-4-13(22-11)23-15-16-5-2-6-17-15/h2-6,10,12,19H,7-9H2,1H3. The molecular weight excluding hydrogens is 318 g/mol. The van der Waals surface area contributed by atoms with Crippen LogP contribution in [0, 0.1) is 0 Å². The molecule has 1 N–H and O–H groups in total. The average molecular weight is 335 g/mol. The van der Waals surface area contributed by atoms with Crippen LogP contribution in [0.15, 0.2) is 45.3 Å². The lowest BCUT2D eigenvalue weighted by molar-refractivity contribution is -0.146. The number of hydrogen-bond acceptors (Lipinski definition) is 8. The van der Waals surface area contributed by atoms with Crippen molar-refractivity contribution in [3.8, 4) is 0 Å². The second-order valence-corrected chi connectivity index (χ2v) is 6.18. The average Bonchev–Trinajstić information content (AvgIpc) is 3.14. The third-order valence-electron chi connectivity index (χ3n) is 3.58. The van der Waals surface area contributed by atoms with Crippen molar-refractivity contribution < 1.29 is 19.1 Å². The molecule has 2 aromatic rings. The Balaban J connectivity index is 1.65. The lowest BCUT2D eigenvalue weighted by atomic mass is 10.2. The Kier molecular flexibility index (Phi) is 4.94.